The van der Waals surface area contributed by atoms with Gasteiger partial charge in [0.05, 0.1) is 0 Å². The lowest BCUT2D eigenvalue weighted by atomic mass is 10.1. The fourth-order valence-corrected chi connectivity index (χ4v) is 2.50. The molecule has 2 aromatic heterocycles. The molecule has 1 N–H and O–H groups in total. The van der Waals surface area contributed by atoms with E-state index in [1.165, 1.54) is 11.1 Å². The molecule has 0 fully saturated rings. The summed E-state index contributed by atoms with van der Waals surface area (Å²) in [4.78, 5) is 4.79. The lowest BCUT2D eigenvalue weighted by Gasteiger charge is -2.22. The summed E-state index contributed by atoms with van der Waals surface area (Å²) >= 11 is 0. The number of hydrogen-bond acceptors (Lipinski definition) is 2. The van der Waals surface area contributed by atoms with E-state index in [-0.39, 0.29) is 5.54 Å². The molecule has 3 heteroatoms. The van der Waals surface area contributed by atoms with Gasteiger partial charge < -0.3 is 5.32 Å². The molecule has 3 nitrogen and oxygen atoms in total. The van der Waals surface area contributed by atoms with E-state index in [2.05, 4.69) is 80.0 Å². The van der Waals surface area contributed by atoms with Crippen molar-refractivity contribution in [1.29, 1.82) is 0 Å². The van der Waals surface area contributed by atoms with Crippen molar-refractivity contribution in [3.63, 3.8) is 0 Å². The lowest BCUT2D eigenvalue weighted by molar-refractivity contribution is 0.629. The molecule has 23 heavy (non-hydrogen) atoms. The molecule has 0 saturated carbocycles. The number of nitrogens with one attached hydrogen (secondary N) is 1. The third-order valence-electron chi connectivity index (χ3n) is 3.54. The smallest absolute Gasteiger partial charge is 0.139 e. The molecule has 1 aromatic carbocycles. The highest BCUT2D eigenvalue weighted by Gasteiger charge is 2.16. The zero-order chi connectivity index (χ0) is 16.4. The molecule has 0 aliphatic heterocycles. The maximum Gasteiger partial charge on any atom is 0.139 e. The van der Waals surface area contributed by atoms with Gasteiger partial charge in [-0.1, -0.05) is 36.4 Å². The van der Waals surface area contributed by atoms with Crippen LogP contribution in [0.4, 0.5) is 5.82 Å². The van der Waals surface area contributed by atoms with Crippen molar-refractivity contribution in [1.82, 2.24) is 9.38 Å². The van der Waals surface area contributed by atoms with Gasteiger partial charge in [0.25, 0.3) is 0 Å². The molecule has 0 unspecified atom stereocenters. The van der Waals surface area contributed by atoms with Crippen LogP contribution in [0.25, 0.3) is 17.8 Å². The molecule has 0 bridgehead atoms. The summed E-state index contributed by atoms with van der Waals surface area (Å²) in [6, 6.07) is 14.5. The second kappa shape index (κ2) is 5.92. The zero-order valence-electron chi connectivity index (χ0n) is 14.2. The van der Waals surface area contributed by atoms with E-state index in [0.717, 1.165) is 17.2 Å². The van der Waals surface area contributed by atoms with Crippen molar-refractivity contribution >= 4 is 23.6 Å². The molecular weight excluding hydrogens is 282 g/mol. The van der Waals surface area contributed by atoms with Gasteiger partial charge in [-0.15, -0.1) is 0 Å². The number of aryl methyl sites for hydroxylation is 1. The van der Waals surface area contributed by atoms with Gasteiger partial charge in [-0.05, 0) is 57.0 Å². The summed E-state index contributed by atoms with van der Waals surface area (Å²) in [6.45, 7) is 8.56. The monoisotopic (exact) mass is 305 g/mol. The minimum Gasteiger partial charge on any atom is -0.365 e. The Labute approximate surface area is 137 Å². The molecule has 0 aliphatic rings. The van der Waals surface area contributed by atoms with Crippen molar-refractivity contribution in [3.05, 3.63) is 65.5 Å². The molecule has 0 aliphatic carbocycles. The second-order valence-corrected chi connectivity index (χ2v) is 6.90. The first-order chi connectivity index (χ1) is 10.9. The number of imidazole rings is 1. The second-order valence-electron chi connectivity index (χ2n) is 6.90. The summed E-state index contributed by atoms with van der Waals surface area (Å²) in [6.07, 6.45) is 6.25. The molecular formula is C20H23N3. The Morgan fingerprint density at radius 1 is 1.04 bits per heavy atom. The van der Waals surface area contributed by atoms with E-state index in [9.17, 15) is 0 Å². The van der Waals surface area contributed by atoms with Gasteiger partial charge in [-0.3, -0.25) is 4.40 Å². The Morgan fingerprint density at radius 2 is 1.78 bits per heavy atom. The third kappa shape index (κ3) is 3.62. The van der Waals surface area contributed by atoms with Crippen LogP contribution in [0.5, 0.6) is 0 Å². The molecule has 0 spiro atoms. The SMILES string of the molecule is Cc1ccn2c(NC(C)(C)C)c(C=Cc3ccccc3)nc2c1. The number of benzene rings is 1. The summed E-state index contributed by atoms with van der Waals surface area (Å²) in [7, 11) is 0. The van der Waals surface area contributed by atoms with Crippen molar-refractivity contribution in [2.24, 2.45) is 0 Å². The van der Waals surface area contributed by atoms with Crippen LogP contribution < -0.4 is 5.32 Å². The van der Waals surface area contributed by atoms with Crippen LogP contribution in [0.2, 0.25) is 0 Å². The lowest BCUT2D eigenvalue weighted by Crippen LogP contribution is -2.27. The van der Waals surface area contributed by atoms with E-state index < -0.39 is 0 Å². The number of fused-ring (bicyclic) bond motifs is 1. The maximum atomic E-state index is 4.79. The Hall–Kier alpha value is -2.55. The highest BCUT2D eigenvalue weighted by atomic mass is 15.2. The summed E-state index contributed by atoms with van der Waals surface area (Å²) in [5.74, 6) is 1.03. The molecule has 0 atom stereocenters. The van der Waals surface area contributed by atoms with Crippen LogP contribution in [0.3, 0.4) is 0 Å². The van der Waals surface area contributed by atoms with E-state index in [4.69, 9.17) is 4.98 Å². The van der Waals surface area contributed by atoms with Gasteiger partial charge >= 0.3 is 0 Å². The predicted molar refractivity (Wildman–Crippen MR) is 98.7 cm³/mol. The molecule has 0 radical (unpaired) electrons. The molecule has 0 amide bonds. The minimum absolute atomic E-state index is 0.0316. The van der Waals surface area contributed by atoms with Gasteiger partial charge in [0.1, 0.15) is 17.2 Å². The van der Waals surface area contributed by atoms with Crippen molar-refractivity contribution in [2.45, 2.75) is 33.2 Å². The highest BCUT2D eigenvalue weighted by Crippen LogP contribution is 2.24. The molecule has 2 heterocycles. The molecule has 3 aromatic rings. The topological polar surface area (TPSA) is 29.3 Å². The fraction of sp³-hybridized carbons (Fsp3) is 0.250. The van der Waals surface area contributed by atoms with Crippen LogP contribution in [0, 0.1) is 6.92 Å². The molecule has 118 valence electrons. The van der Waals surface area contributed by atoms with Gasteiger partial charge in [0, 0.05) is 11.7 Å². The number of rotatable bonds is 3. The van der Waals surface area contributed by atoms with Crippen molar-refractivity contribution in [2.75, 3.05) is 5.32 Å². The number of aromatic nitrogens is 2. The quantitative estimate of drug-likeness (QED) is 0.736. The van der Waals surface area contributed by atoms with Gasteiger partial charge in [0.2, 0.25) is 0 Å². The summed E-state index contributed by atoms with van der Waals surface area (Å²) in [5, 5.41) is 3.58. The average Bonchev–Trinajstić information content (AvgIpc) is 2.81. The first-order valence-corrected chi connectivity index (χ1v) is 7.92. The Bertz CT molecular complexity index is 836. The van der Waals surface area contributed by atoms with Crippen molar-refractivity contribution < 1.29 is 0 Å². The first-order valence-electron chi connectivity index (χ1n) is 7.92. The maximum absolute atomic E-state index is 4.79. The van der Waals surface area contributed by atoms with Gasteiger partial charge in [0.15, 0.2) is 0 Å². The average molecular weight is 305 g/mol. The Kier molecular flexibility index (Phi) is 3.95. The molecule has 0 saturated heterocycles. The van der Waals surface area contributed by atoms with E-state index in [1.54, 1.807) is 0 Å². The van der Waals surface area contributed by atoms with Gasteiger partial charge in [-0.2, -0.15) is 0 Å². The first kappa shape index (κ1) is 15.3. The van der Waals surface area contributed by atoms with Crippen LogP contribution in [0.1, 0.15) is 37.6 Å². The van der Waals surface area contributed by atoms with Gasteiger partial charge in [-0.25, -0.2) is 4.98 Å². The number of anilines is 1. The van der Waals surface area contributed by atoms with E-state index >= 15 is 0 Å². The normalized spacial score (nSPS) is 12.2. The number of hydrogen-bond donors (Lipinski definition) is 1. The van der Waals surface area contributed by atoms with E-state index in [0.29, 0.717) is 0 Å². The largest absolute Gasteiger partial charge is 0.365 e. The Balaban J connectivity index is 2.07. The van der Waals surface area contributed by atoms with Crippen LogP contribution in [0.15, 0.2) is 48.7 Å². The third-order valence-corrected chi connectivity index (χ3v) is 3.54. The van der Waals surface area contributed by atoms with Crippen LogP contribution >= 0.6 is 0 Å². The summed E-state index contributed by atoms with van der Waals surface area (Å²) < 4.78 is 2.11. The number of nitrogens with zero attached hydrogens (tertiary/aromatic N) is 2. The molecule has 3 rings (SSSR count). The zero-order valence-corrected chi connectivity index (χ0v) is 14.2. The predicted octanol–water partition coefficient (Wildman–Crippen LogP) is 5.02. The summed E-state index contributed by atoms with van der Waals surface area (Å²) in [5.41, 5.74) is 4.26. The Morgan fingerprint density at radius 3 is 2.48 bits per heavy atom. The number of pyridine rings is 1. The van der Waals surface area contributed by atoms with Crippen LogP contribution in [-0.2, 0) is 0 Å². The van der Waals surface area contributed by atoms with Crippen molar-refractivity contribution in [3.8, 4) is 0 Å². The van der Waals surface area contributed by atoms with E-state index in [1.807, 2.05) is 18.2 Å². The van der Waals surface area contributed by atoms with Crippen LogP contribution in [-0.4, -0.2) is 14.9 Å². The highest BCUT2D eigenvalue weighted by molar-refractivity contribution is 5.76. The standard InChI is InChI=1S/C20H23N3/c1-15-12-13-23-18(14-15)21-17(19(23)22-20(2,3)4)11-10-16-8-6-5-7-9-16/h5-14,22H,1-4H3. The fourth-order valence-electron chi connectivity index (χ4n) is 2.50. The minimum atomic E-state index is -0.0316.